The van der Waals surface area contributed by atoms with E-state index in [-0.39, 0.29) is 0 Å². The summed E-state index contributed by atoms with van der Waals surface area (Å²) in [4.78, 5) is 0. The van der Waals surface area contributed by atoms with Gasteiger partial charge in [0.1, 0.15) is 5.75 Å². The molecule has 0 radical (unpaired) electrons. The van der Waals surface area contributed by atoms with Crippen LogP contribution in [0, 0.1) is 0 Å². The number of nitrogens with zero attached hydrogens (tertiary/aromatic N) is 1. The third-order valence-corrected chi connectivity index (χ3v) is 3.04. The first-order valence-corrected chi connectivity index (χ1v) is 6.90. The molecule has 0 aliphatic rings. The highest BCUT2D eigenvalue weighted by Gasteiger charge is 2.00. The van der Waals surface area contributed by atoms with Crippen LogP contribution in [0.25, 0.3) is 0 Å². The first-order valence-electron chi connectivity index (χ1n) is 6.50. The molecule has 0 fully saturated rings. The molecule has 2 N–H and O–H groups in total. The van der Waals surface area contributed by atoms with Crippen LogP contribution in [0.15, 0.2) is 59.7 Å². The number of benzene rings is 2. The maximum absolute atomic E-state index is 5.21. The molecule has 0 aromatic heterocycles. The van der Waals surface area contributed by atoms with Crippen molar-refractivity contribution in [1.82, 2.24) is 5.43 Å². The summed E-state index contributed by atoms with van der Waals surface area (Å²) < 4.78 is 5.16. The Hall–Kier alpha value is -2.40. The van der Waals surface area contributed by atoms with Gasteiger partial charge in [-0.3, -0.25) is 5.43 Å². The molecule has 108 valence electrons. The molecule has 0 heterocycles. The van der Waals surface area contributed by atoms with E-state index in [0.717, 1.165) is 22.7 Å². The Labute approximate surface area is 129 Å². The number of methoxy groups -OCH3 is 1. The van der Waals surface area contributed by atoms with Crippen molar-refractivity contribution in [2.24, 2.45) is 5.10 Å². The standard InChI is InChI=1S/C16H17N3OS/c1-12(13-7-4-3-5-8-13)18-19-16(21)17-14-9-6-10-15(11-14)20-2/h3-11H,1-2H3,(H2,17,19,21)/b18-12-. The van der Waals surface area contributed by atoms with Crippen LogP contribution in [0.3, 0.4) is 0 Å². The van der Waals surface area contributed by atoms with Gasteiger partial charge >= 0.3 is 0 Å². The summed E-state index contributed by atoms with van der Waals surface area (Å²) in [7, 11) is 1.63. The zero-order valence-corrected chi connectivity index (χ0v) is 12.8. The molecule has 0 amide bonds. The molecule has 5 heteroatoms. The SMILES string of the molecule is COc1cccc(NC(=S)N/N=C(/C)c2ccccc2)c1. The van der Waals surface area contributed by atoms with E-state index in [4.69, 9.17) is 17.0 Å². The second kappa shape index (κ2) is 7.40. The van der Waals surface area contributed by atoms with Crippen molar-refractivity contribution in [2.45, 2.75) is 6.92 Å². The molecule has 4 nitrogen and oxygen atoms in total. The molecule has 0 bridgehead atoms. The Balaban J connectivity index is 1.95. The molecule has 0 saturated heterocycles. The largest absolute Gasteiger partial charge is 0.497 e. The van der Waals surface area contributed by atoms with Crippen LogP contribution in [0.1, 0.15) is 12.5 Å². The number of hydrazone groups is 1. The van der Waals surface area contributed by atoms with Gasteiger partial charge in [-0.15, -0.1) is 0 Å². The van der Waals surface area contributed by atoms with Gasteiger partial charge in [-0.1, -0.05) is 36.4 Å². The Morgan fingerprint density at radius 2 is 1.86 bits per heavy atom. The van der Waals surface area contributed by atoms with Crippen LogP contribution in [-0.2, 0) is 0 Å². The van der Waals surface area contributed by atoms with Crippen molar-refractivity contribution in [3.63, 3.8) is 0 Å². The predicted octanol–water partition coefficient (Wildman–Crippen LogP) is 3.41. The minimum absolute atomic E-state index is 0.429. The van der Waals surface area contributed by atoms with Gasteiger partial charge in [0.05, 0.1) is 12.8 Å². The van der Waals surface area contributed by atoms with Crippen LogP contribution in [0.2, 0.25) is 0 Å². The van der Waals surface area contributed by atoms with Gasteiger partial charge in [-0.05, 0) is 36.8 Å². The van der Waals surface area contributed by atoms with E-state index in [1.54, 1.807) is 7.11 Å². The van der Waals surface area contributed by atoms with Crippen LogP contribution < -0.4 is 15.5 Å². The van der Waals surface area contributed by atoms with E-state index in [1.165, 1.54) is 0 Å². The summed E-state index contributed by atoms with van der Waals surface area (Å²) in [6.45, 7) is 1.93. The van der Waals surface area contributed by atoms with E-state index in [0.29, 0.717) is 5.11 Å². The van der Waals surface area contributed by atoms with Crippen LogP contribution in [0.4, 0.5) is 5.69 Å². The lowest BCUT2D eigenvalue weighted by atomic mass is 10.1. The van der Waals surface area contributed by atoms with E-state index < -0.39 is 0 Å². The molecule has 0 atom stereocenters. The van der Waals surface area contributed by atoms with Gasteiger partial charge in [0.2, 0.25) is 0 Å². The second-order valence-corrected chi connectivity index (χ2v) is 4.77. The van der Waals surface area contributed by atoms with Crippen LogP contribution in [-0.4, -0.2) is 17.9 Å². The molecule has 2 aromatic carbocycles. The van der Waals surface area contributed by atoms with E-state index in [1.807, 2.05) is 61.5 Å². The zero-order chi connectivity index (χ0) is 15.1. The Morgan fingerprint density at radius 1 is 1.10 bits per heavy atom. The number of thiocarbonyl (C=S) groups is 1. The number of nitrogens with one attached hydrogen (secondary N) is 2. The van der Waals surface area contributed by atoms with Gasteiger partial charge in [0.15, 0.2) is 5.11 Å². The van der Waals surface area contributed by atoms with Gasteiger partial charge in [0, 0.05) is 11.8 Å². The van der Waals surface area contributed by atoms with Crippen molar-refractivity contribution in [1.29, 1.82) is 0 Å². The lowest BCUT2D eigenvalue weighted by Gasteiger charge is -2.09. The van der Waals surface area contributed by atoms with Crippen molar-refractivity contribution >= 4 is 28.7 Å². The number of hydrogen-bond donors (Lipinski definition) is 2. The minimum Gasteiger partial charge on any atom is -0.497 e. The van der Waals surface area contributed by atoms with E-state index in [2.05, 4.69) is 15.8 Å². The smallest absolute Gasteiger partial charge is 0.191 e. The molecule has 0 aliphatic carbocycles. The van der Waals surface area contributed by atoms with Crippen molar-refractivity contribution < 1.29 is 4.74 Å². The van der Waals surface area contributed by atoms with E-state index in [9.17, 15) is 0 Å². The normalized spacial score (nSPS) is 10.9. The molecule has 0 aliphatic heterocycles. The first-order chi connectivity index (χ1) is 10.2. The minimum atomic E-state index is 0.429. The van der Waals surface area contributed by atoms with Crippen molar-refractivity contribution in [2.75, 3.05) is 12.4 Å². The fraction of sp³-hybridized carbons (Fsp3) is 0.125. The monoisotopic (exact) mass is 299 g/mol. The lowest BCUT2D eigenvalue weighted by Crippen LogP contribution is -2.24. The summed E-state index contributed by atoms with van der Waals surface area (Å²) in [5, 5.41) is 7.75. The Bertz CT molecular complexity index is 641. The topological polar surface area (TPSA) is 45.6 Å². The van der Waals surface area contributed by atoms with E-state index >= 15 is 0 Å². The zero-order valence-electron chi connectivity index (χ0n) is 12.0. The molecule has 2 aromatic rings. The third-order valence-electron chi connectivity index (χ3n) is 2.84. The fourth-order valence-corrected chi connectivity index (χ4v) is 1.90. The summed E-state index contributed by atoms with van der Waals surface area (Å²) in [5.74, 6) is 0.770. The highest BCUT2D eigenvalue weighted by Crippen LogP contribution is 2.16. The average molecular weight is 299 g/mol. The van der Waals surface area contributed by atoms with Crippen molar-refractivity contribution in [3.05, 3.63) is 60.2 Å². The molecule has 0 spiro atoms. The second-order valence-electron chi connectivity index (χ2n) is 4.36. The predicted molar refractivity (Wildman–Crippen MR) is 91.0 cm³/mol. The quantitative estimate of drug-likeness (QED) is 0.516. The van der Waals surface area contributed by atoms with Gasteiger partial charge in [-0.2, -0.15) is 5.10 Å². The molecule has 21 heavy (non-hydrogen) atoms. The van der Waals surface area contributed by atoms with Crippen LogP contribution in [0.5, 0.6) is 5.75 Å². The highest BCUT2D eigenvalue weighted by molar-refractivity contribution is 7.80. The summed E-state index contributed by atoms with van der Waals surface area (Å²) in [6.07, 6.45) is 0. The maximum atomic E-state index is 5.21. The van der Waals surface area contributed by atoms with Gasteiger partial charge in [-0.25, -0.2) is 0 Å². The number of hydrogen-bond acceptors (Lipinski definition) is 3. The molecule has 2 rings (SSSR count). The molecule has 0 unspecified atom stereocenters. The molecule has 0 saturated carbocycles. The summed E-state index contributed by atoms with van der Waals surface area (Å²) in [6, 6.07) is 17.5. The number of ether oxygens (including phenoxy) is 1. The molecular weight excluding hydrogens is 282 g/mol. The summed E-state index contributed by atoms with van der Waals surface area (Å²) in [5.41, 5.74) is 5.60. The van der Waals surface area contributed by atoms with Crippen molar-refractivity contribution in [3.8, 4) is 5.75 Å². The maximum Gasteiger partial charge on any atom is 0.191 e. The lowest BCUT2D eigenvalue weighted by molar-refractivity contribution is 0.415. The third kappa shape index (κ3) is 4.57. The first kappa shape index (κ1) is 15.0. The fourth-order valence-electron chi connectivity index (χ4n) is 1.74. The number of anilines is 1. The average Bonchev–Trinajstić information content (AvgIpc) is 2.53. The number of rotatable bonds is 4. The highest BCUT2D eigenvalue weighted by atomic mass is 32.1. The summed E-state index contributed by atoms with van der Waals surface area (Å²) >= 11 is 5.21. The van der Waals surface area contributed by atoms with Gasteiger partial charge in [0.25, 0.3) is 0 Å². The Kier molecular flexibility index (Phi) is 5.29. The Morgan fingerprint density at radius 3 is 2.57 bits per heavy atom. The van der Waals surface area contributed by atoms with Crippen LogP contribution >= 0.6 is 12.2 Å². The van der Waals surface area contributed by atoms with Gasteiger partial charge < -0.3 is 10.1 Å². The molecular formula is C16H17N3OS.